The number of nitrogens with one attached hydrogen (secondary N) is 1. The molecule has 1 aliphatic heterocycles. The van der Waals surface area contributed by atoms with Crippen molar-refractivity contribution in [1.82, 2.24) is 14.7 Å². The lowest BCUT2D eigenvalue weighted by atomic mass is 10.2. The molecule has 0 saturated carbocycles. The third-order valence-electron chi connectivity index (χ3n) is 3.61. The summed E-state index contributed by atoms with van der Waals surface area (Å²) >= 11 is 0. The molecule has 0 unspecified atom stereocenters. The van der Waals surface area contributed by atoms with E-state index in [1.54, 1.807) is 11.8 Å². The highest BCUT2D eigenvalue weighted by atomic mass is 16.5. The zero-order valence-electron chi connectivity index (χ0n) is 12.6. The Morgan fingerprint density at radius 2 is 2.09 bits per heavy atom. The molecule has 7 nitrogen and oxygen atoms in total. The highest BCUT2D eigenvalue weighted by Crippen LogP contribution is 2.21. The van der Waals surface area contributed by atoms with Gasteiger partial charge in [0.1, 0.15) is 17.1 Å². The molecule has 1 aromatic carbocycles. The predicted molar refractivity (Wildman–Crippen MR) is 80.6 cm³/mol. The summed E-state index contributed by atoms with van der Waals surface area (Å²) in [6.45, 7) is 2.04. The van der Waals surface area contributed by atoms with Crippen molar-refractivity contribution in [2.75, 3.05) is 26.2 Å². The first-order valence-corrected chi connectivity index (χ1v) is 6.94. The van der Waals surface area contributed by atoms with Crippen molar-refractivity contribution >= 4 is 11.8 Å². The van der Waals surface area contributed by atoms with Crippen LogP contribution in [0.3, 0.4) is 0 Å². The normalized spacial score (nSPS) is 14.1. The zero-order valence-corrected chi connectivity index (χ0v) is 12.6. The van der Waals surface area contributed by atoms with E-state index in [9.17, 15) is 4.79 Å². The second-order valence-electron chi connectivity index (χ2n) is 5.05. The second-order valence-corrected chi connectivity index (χ2v) is 5.05. The number of anilines is 1. The average Bonchev–Trinajstić information content (AvgIpc) is 2.98. The van der Waals surface area contributed by atoms with Crippen LogP contribution in [-0.2, 0) is 18.0 Å². The van der Waals surface area contributed by atoms with Gasteiger partial charge in [0.05, 0.1) is 33.8 Å². The number of hydrogen-bond donors (Lipinski definition) is 1. The average molecular weight is 302 g/mol. The Morgan fingerprint density at radius 3 is 2.77 bits per heavy atom. The van der Waals surface area contributed by atoms with Gasteiger partial charge in [0.15, 0.2) is 0 Å². The van der Waals surface area contributed by atoms with Gasteiger partial charge >= 0.3 is 5.97 Å². The Kier molecular flexibility index (Phi) is 3.97. The molecule has 1 aliphatic rings. The Hall–Kier alpha value is -2.54. The molecule has 0 aliphatic carbocycles. The van der Waals surface area contributed by atoms with Gasteiger partial charge in [0, 0.05) is 6.54 Å². The van der Waals surface area contributed by atoms with Gasteiger partial charge in [-0.3, -0.25) is 4.90 Å². The van der Waals surface area contributed by atoms with Crippen molar-refractivity contribution in [2.24, 2.45) is 0 Å². The molecule has 1 N–H and O–H groups in total. The lowest BCUT2D eigenvalue weighted by Gasteiger charge is -2.29. The van der Waals surface area contributed by atoms with Crippen molar-refractivity contribution in [3.8, 4) is 5.75 Å². The third kappa shape index (κ3) is 2.75. The summed E-state index contributed by atoms with van der Waals surface area (Å²) in [5, 5.41) is 7.46. The van der Waals surface area contributed by atoms with Crippen molar-refractivity contribution < 1.29 is 14.3 Å². The molecule has 0 atom stereocenters. The van der Waals surface area contributed by atoms with E-state index >= 15 is 0 Å². The van der Waals surface area contributed by atoms with Crippen molar-refractivity contribution in [3.63, 3.8) is 0 Å². The molecule has 0 radical (unpaired) electrons. The van der Waals surface area contributed by atoms with Gasteiger partial charge in [-0.15, -0.1) is 0 Å². The van der Waals surface area contributed by atoms with Crippen molar-refractivity contribution in [1.29, 1.82) is 0 Å². The molecule has 3 rings (SSSR count). The first-order valence-electron chi connectivity index (χ1n) is 6.94. The van der Waals surface area contributed by atoms with E-state index < -0.39 is 0 Å². The number of ether oxygens (including phenoxy) is 2. The number of carbonyl (C=O) groups is 1. The summed E-state index contributed by atoms with van der Waals surface area (Å²) in [4.78, 5) is 13.8. The molecule has 2 aromatic rings. The molecule has 0 spiro atoms. The van der Waals surface area contributed by atoms with E-state index in [-0.39, 0.29) is 5.97 Å². The maximum Gasteiger partial charge on any atom is 0.343 e. The van der Waals surface area contributed by atoms with E-state index in [1.165, 1.54) is 18.9 Å². The summed E-state index contributed by atoms with van der Waals surface area (Å²) in [7, 11) is 3.02. The van der Waals surface area contributed by atoms with Crippen LogP contribution in [0.15, 0.2) is 30.5 Å². The molecule has 0 bridgehead atoms. The van der Waals surface area contributed by atoms with Gasteiger partial charge in [-0.05, 0) is 17.7 Å². The van der Waals surface area contributed by atoms with Crippen LogP contribution < -0.4 is 10.1 Å². The number of fused-ring (bicyclic) bond motifs is 1. The number of esters is 1. The lowest BCUT2D eigenvalue weighted by Crippen LogP contribution is -2.37. The molecule has 116 valence electrons. The summed E-state index contributed by atoms with van der Waals surface area (Å²) in [5.41, 5.74) is 1.65. The molecule has 0 amide bonds. The van der Waals surface area contributed by atoms with Gasteiger partial charge < -0.3 is 14.8 Å². The van der Waals surface area contributed by atoms with E-state index in [0.29, 0.717) is 24.7 Å². The number of carbonyl (C=O) groups excluding carboxylic acids is 1. The van der Waals surface area contributed by atoms with E-state index in [4.69, 9.17) is 9.47 Å². The van der Waals surface area contributed by atoms with Gasteiger partial charge in [-0.25, -0.2) is 9.48 Å². The first-order chi connectivity index (χ1) is 10.7. The minimum atomic E-state index is -0.377. The number of methoxy groups -OCH3 is 2. The number of rotatable bonds is 4. The maximum atomic E-state index is 11.6. The SMILES string of the molecule is COC(=O)c1cnn2c1NCN(Cc1ccc(OC)cc1)C2. The highest BCUT2D eigenvalue weighted by molar-refractivity contribution is 5.94. The smallest absolute Gasteiger partial charge is 0.343 e. The molecule has 0 saturated heterocycles. The highest BCUT2D eigenvalue weighted by Gasteiger charge is 2.23. The van der Waals surface area contributed by atoms with Crippen molar-refractivity contribution in [3.05, 3.63) is 41.6 Å². The maximum absolute atomic E-state index is 11.6. The summed E-state index contributed by atoms with van der Waals surface area (Å²) in [6, 6.07) is 7.97. The van der Waals surface area contributed by atoms with Gasteiger partial charge in [0.25, 0.3) is 0 Å². The van der Waals surface area contributed by atoms with E-state index in [0.717, 1.165) is 12.3 Å². The fourth-order valence-electron chi connectivity index (χ4n) is 2.46. The Bertz CT molecular complexity index is 666. The fraction of sp³-hybridized carbons (Fsp3) is 0.333. The quantitative estimate of drug-likeness (QED) is 0.864. The fourth-order valence-corrected chi connectivity index (χ4v) is 2.46. The number of hydrogen-bond acceptors (Lipinski definition) is 6. The zero-order chi connectivity index (χ0) is 15.5. The topological polar surface area (TPSA) is 68.6 Å². The summed E-state index contributed by atoms with van der Waals surface area (Å²) < 4.78 is 11.7. The molecule has 22 heavy (non-hydrogen) atoms. The molecule has 1 aromatic heterocycles. The third-order valence-corrected chi connectivity index (χ3v) is 3.61. The number of aromatic nitrogens is 2. The second kappa shape index (κ2) is 6.07. The summed E-state index contributed by atoms with van der Waals surface area (Å²) in [6.07, 6.45) is 1.53. The number of nitrogens with zero attached hydrogens (tertiary/aromatic N) is 3. The Morgan fingerprint density at radius 1 is 1.32 bits per heavy atom. The largest absolute Gasteiger partial charge is 0.497 e. The molecule has 2 heterocycles. The minimum Gasteiger partial charge on any atom is -0.497 e. The van der Waals surface area contributed by atoms with Crippen LogP contribution in [0.25, 0.3) is 0 Å². The lowest BCUT2D eigenvalue weighted by molar-refractivity contribution is 0.0601. The van der Waals surface area contributed by atoms with Gasteiger partial charge in [0.2, 0.25) is 0 Å². The first kappa shape index (κ1) is 14.4. The van der Waals surface area contributed by atoms with E-state index in [2.05, 4.69) is 15.3 Å². The van der Waals surface area contributed by atoms with Crippen LogP contribution in [-0.4, -0.2) is 41.5 Å². The van der Waals surface area contributed by atoms with Crippen LogP contribution in [0, 0.1) is 0 Å². The molecule has 0 fully saturated rings. The minimum absolute atomic E-state index is 0.377. The van der Waals surface area contributed by atoms with Crippen LogP contribution >= 0.6 is 0 Å². The van der Waals surface area contributed by atoms with Gasteiger partial charge in [-0.2, -0.15) is 5.10 Å². The van der Waals surface area contributed by atoms with Crippen LogP contribution in [0.1, 0.15) is 15.9 Å². The van der Waals surface area contributed by atoms with Crippen LogP contribution in [0.4, 0.5) is 5.82 Å². The molecular weight excluding hydrogens is 284 g/mol. The van der Waals surface area contributed by atoms with E-state index in [1.807, 2.05) is 24.3 Å². The van der Waals surface area contributed by atoms with Gasteiger partial charge in [-0.1, -0.05) is 12.1 Å². The standard InChI is InChI=1S/C15H18N4O3/c1-21-12-5-3-11(4-6-12)8-18-9-16-14-13(15(20)22-2)7-17-19(14)10-18/h3-7,16H,8-10H2,1-2H3. The van der Waals surface area contributed by atoms with Crippen LogP contribution in [0.5, 0.6) is 5.75 Å². The monoisotopic (exact) mass is 302 g/mol. The summed E-state index contributed by atoms with van der Waals surface area (Å²) in [5.74, 6) is 1.17. The Balaban J connectivity index is 1.69. The molecular formula is C15H18N4O3. The molecule has 7 heteroatoms. The predicted octanol–water partition coefficient (Wildman–Crippen LogP) is 1.52. The Labute approximate surface area is 128 Å². The number of benzene rings is 1. The van der Waals surface area contributed by atoms with Crippen LogP contribution in [0.2, 0.25) is 0 Å². The van der Waals surface area contributed by atoms with Crippen molar-refractivity contribution in [2.45, 2.75) is 13.2 Å².